The molecule has 0 fully saturated rings. The van der Waals surface area contributed by atoms with Crippen LogP contribution in [0, 0.1) is 6.92 Å². The zero-order valence-electron chi connectivity index (χ0n) is 15.4. The summed E-state index contributed by atoms with van der Waals surface area (Å²) in [4.78, 5) is 20.9. The fourth-order valence-electron chi connectivity index (χ4n) is 3.22. The highest BCUT2D eigenvalue weighted by atomic mass is 35.5. The number of pyridine rings is 1. The Hall–Kier alpha value is -3.65. The van der Waals surface area contributed by atoms with Gasteiger partial charge in [-0.15, -0.1) is 0 Å². The minimum Gasteiger partial charge on any atom is -0.338 e. The lowest BCUT2D eigenvalue weighted by Gasteiger charge is -2.11. The molecule has 0 aliphatic carbocycles. The molecule has 8 nitrogen and oxygen atoms in total. The van der Waals surface area contributed by atoms with Crippen LogP contribution in [0.25, 0.3) is 16.7 Å². The van der Waals surface area contributed by atoms with Crippen LogP contribution < -0.4 is 5.32 Å². The van der Waals surface area contributed by atoms with Crippen LogP contribution in [-0.4, -0.2) is 34.5 Å². The van der Waals surface area contributed by atoms with E-state index in [1.807, 2.05) is 12.3 Å². The summed E-state index contributed by atoms with van der Waals surface area (Å²) in [6, 6.07) is 10.3. The van der Waals surface area contributed by atoms with Gasteiger partial charge in [0, 0.05) is 11.9 Å². The number of aromatic nitrogens is 7. The van der Waals surface area contributed by atoms with Gasteiger partial charge in [-0.25, -0.2) is 29.4 Å². The van der Waals surface area contributed by atoms with Crippen LogP contribution in [0.4, 0.5) is 11.5 Å². The second-order valence-electron chi connectivity index (χ2n) is 6.64. The van der Waals surface area contributed by atoms with Gasteiger partial charge in [0.15, 0.2) is 11.5 Å². The highest BCUT2D eigenvalue weighted by Gasteiger charge is 2.09. The number of halogens is 1. The molecule has 0 aliphatic rings. The van der Waals surface area contributed by atoms with Crippen molar-refractivity contribution in [1.29, 1.82) is 0 Å². The first kappa shape index (κ1) is 17.4. The van der Waals surface area contributed by atoms with Gasteiger partial charge in [0.25, 0.3) is 0 Å². The van der Waals surface area contributed by atoms with Crippen molar-refractivity contribution in [3.8, 4) is 0 Å². The van der Waals surface area contributed by atoms with E-state index in [2.05, 4.69) is 66.5 Å². The van der Waals surface area contributed by atoms with Gasteiger partial charge in [0.1, 0.15) is 23.7 Å². The third-order valence-electron chi connectivity index (χ3n) is 4.69. The Morgan fingerprint density at radius 2 is 1.97 bits per heavy atom. The van der Waals surface area contributed by atoms with Gasteiger partial charge in [-0.2, -0.15) is 5.10 Å². The van der Waals surface area contributed by atoms with E-state index >= 15 is 0 Å². The molecule has 0 atom stereocenters. The minimum absolute atomic E-state index is 0.159. The van der Waals surface area contributed by atoms with Crippen LogP contribution in [0.1, 0.15) is 16.7 Å². The third-order valence-corrected chi connectivity index (χ3v) is 4.88. The van der Waals surface area contributed by atoms with Crippen LogP contribution >= 0.6 is 11.6 Å². The van der Waals surface area contributed by atoms with E-state index in [4.69, 9.17) is 11.6 Å². The fraction of sp³-hybridized carbons (Fsp3) is 0.100. The average Bonchev–Trinajstić information content (AvgIpc) is 3.18. The SMILES string of the molecule is Cc1cc(Nc2ncnc3cnc(Cl)nc23)ccc1Cc1ccn2ncnc2c1. The minimum atomic E-state index is 0.159. The van der Waals surface area contributed by atoms with Gasteiger partial charge in [0.05, 0.1) is 6.20 Å². The number of fused-ring (bicyclic) bond motifs is 2. The van der Waals surface area contributed by atoms with E-state index in [0.717, 1.165) is 17.8 Å². The number of nitrogens with one attached hydrogen (secondary N) is 1. The second kappa shape index (κ2) is 7.06. The maximum absolute atomic E-state index is 5.93. The number of benzene rings is 1. The molecule has 4 heterocycles. The predicted molar refractivity (Wildman–Crippen MR) is 110 cm³/mol. The van der Waals surface area contributed by atoms with Crippen LogP contribution in [0.15, 0.2) is 55.4 Å². The van der Waals surface area contributed by atoms with E-state index in [0.29, 0.717) is 16.9 Å². The van der Waals surface area contributed by atoms with Crippen molar-refractivity contribution in [2.45, 2.75) is 13.3 Å². The van der Waals surface area contributed by atoms with Crippen molar-refractivity contribution < 1.29 is 0 Å². The number of hydrogen-bond acceptors (Lipinski definition) is 7. The molecular formula is C20H15ClN8. The molecule has 9 heteroatoms. The van der Waals surface area contributed by atoms with E-state index in [9.17, 15) is 0 Å². The first-order chi connectivity index (χ1) is 14.2. The molecule has 0 bridgehead atoms. The highest BCUT2D eigenvalue weighted by Crippen LogP contribution is 2.24. The number of rotatable bonds is 4. The summed E-state index contributed by atoms with van der Waals surface area (Å²) in [5, 5.41) is 7.60. The summed E-state index contributed by atoms with van der Waals surface area (Å²) in [6.45, 7) is 2.09. The van der Waals surface area contributed by atoms with Gasteiger partial charge >= 0.3 is 0 Å². The molecule has 0 saturated heterocycles. The molecule has 0 spiro atoms. The van der Waals surface area contributed by atoms with Gasteiger partial charge in [0.2, 0.25) is 5.28 Å². The van der Waals surface area contributed by atoms with Gasteiger partial charge < -0.3 is 5.32 Å². The van der Waals surface area contributed by atoms with Crippen molar-refractivity contribution in [2.75, 3.05) is 5.32 Å². The lowest BCUT2D eigenvalue weighted by atomic mass is 10.0. The first-order valence-electron chi connectivity index (χ1n) is 8.94. The van der Waals surface area contributed by atoms with Crippen LogP contribution in [0.3, 0.4) is 0 Å². The Morgan fingerprint density at radius 3 is 2.86 bits per heavy atom. The Balaban J connectivity index is 1.42. The van der Waals surface area contributed by atoms with E-state index < -0.39 is 0 Å². The Morgan fingerprint density at radius 1 is 1.03 bits per heavy atom. The third kappa shape index (κ3) is 3.45. The molecule has 0 unspecified atom stereocenters. The molecule has 5 aromatic rings. The van der Waals surface area contributed by atoms with Crippen LogP contribution in [0.5, 0.6) is 0 Å². The Kier molecular flexibility index (Phi) is 4.25. The summed E-state index contributed by atoms with van der Waals surface area (Å²) in [5.74, 6) is 0.587. The fourth-order valence-corrected chi connectivity index (χ4v) is 3.35. The topological polar surface area (TPSA) is 93.8 Å². The summed E-state index contributed by atoms with van der Waals surface area (Å²) in [7, 11) is 0. The quantitative estimate of drug-likeness (QED) is 0.457. The molecule has 29 heavy (non-hydrogen) atoms. The second-order valence-corrected chi connectivity index (χ2v) is 6.97. The van der Waals surface area contributed by atoms with Crippen molar-refractivity contribution in [2.24, 2.45) is 0 Å². The molecule has 0 radical (unpaired) electrons. The van der Waals surface area contributed by atoms with Crippen molar-refractivity contribution in [3.05, 3.63) is 77.4 Å². The molecule has 0 saturated carbocycles. The lowest BCUT2D eigenvalue weighted by Crippen LogP contribution is -2.00. The molecule has 1 N–H and O–H groups in total. The maximum atomic E-state index is 5.93. The normalized spacial score (nSPS) is 11.2. The number of anilines is 2. The smallest absolute Gasteiger partial charge is 0.223 e. The summed E-state index contributed by atoms with van der Waals surface area (Å²) >= 11 is 5.93. The summed E-state index contributed by atoms with van der Waals surface area (Å²) in [5.41, 5.74) is 6.55. The van der Waals surface area contributed by atoms with E-state index in [1.54, 1.807) is 17.0 Å². The molecule has 142 valence electrons. The van der Waals surface area contributed by atoms with Crippen molar-refractivity contribution in [3.63, 3.8) is 0 Å². The monoisotopic (exact) mass is 402 g/mol. The maximum Gasteiger partial charge on any atom is 0.223 e. The number of hydrogen-bond donors (Lipinski definition) is 1. The van der Waals surface area contributed by atoms with Crippen molar-refractivity contribution >= 4 is 39.8 Å². The highest BCUT2D eigenvalue weighted by molar-refractivity contribution is 6.28. The molecule has 5 rings (SSSR count). The van der Waals surface area contributed by atoms with Crippen LogP contribution in [-0.2, 0) is 6.42 Å². The first-order valence-corrected chi connectivity index (χ1v) is 9.31. The zero-order valence-corrected chi connectivity index (χ0v) is 16.2. The largest absolute Gasteiger partial charge is 0.338 e. The lowest BCUT2D eigenvalue weighted by molar-refractivity contribution is 0.953. The van der Waals surface area contributed by atoms with E-state index in [1.165, 1.54) is 23.0 Å². The number of nitrogens with zero attached hydrogens (tertiary/aromatic N) is 7. The molecule has 4 aromatic heterocycles. The van der Waals surface area contributed by atoms with Crippen LogP contribution in [0.2, 0.25) is 5.28 Å². The molecular weight excluding hydrogens is 388 g/mol. The van der Waals surface area contributed by atoms with Gasteiger partial charge in [-0.3, -0.25) is 0 Å². The average molecular weight is 403 g/mol. The van der Waals surface area contributed by atoms with E-state index in [-0.39, 0.29) is 5.28 Å². The molecule has 1 aromatic carbocycles. The Bertz CT molecular complexity index is 1350. The summed E-state index contributed by atoms with van der Waals surface area (Å²) in [6.07, 6.45) is 7.35. The zero-order chi connectivity index (χ0) is 19.8. The standard InChI is InChI=1S/C20H15ClN8/c1-12-6-15(27-19-18-16(23-10-25-19)9-22-20(21)28-18)3-2-14(12)7-13-4-5-29-17(8-13)24-11-26-29/h2-6,8-11H,7H2,1H3,(H,23,25,27). The predicted octanol–water partition coefficient (Wildman–Crippen LogP) is 3.76. The molecule has 0 aliphatic heterocycles. The number of aryl methyl sites for hydroxylation is 1. The Labute approximate surface area is 170 Å². The van der Waals surface area contributed by atoms with Crippen molar-refractivity contribution in [1.82, 2.24) is 34.5 Å². The molecule has 0 amide bonds. The van der Waals surface area contributed by atoms with Gasteiger partial charge in [-0.05, 0) is 65.9 Å². The van der Waals surface area contributed by atoms with Gasteiger partial charge in [-0.1, -0.05) is 6.07 Å². The summed E-state index contributed by atoms with van der Waals surface area (Å²) < 4.78 is 1.76.